The van der Waals surface area contributed by atoms with Gasteiger partial charge in [-0.3, -0.25) is 4.79 Å². The van der Waals surface area contributed by atoms with Gasteiger partial charge in [-0.1, -0.05) is 32.6 Å². The second kappa shape index (κ2) is 9.37. The number of carboxylic acid groups (broad SMARTS) is 1. The molecule has 0 aliphatic rings. The molecule has 1 atom stereocenters. The number of ether oxygens (including phenoxy) is 1. The molecule has 1 N–H and O–H groups in total. The summed E-state index contributed by atoms with van der Waals surface area (Å²) in [6.45, 7) is 8.52. The summed E-state index contributed by atoms with van der Waals surface area (Å²) in [6.07, 6.45) is 7.99. The van der Waals surface area contributed by atoms with Gasteiger partial charge < -0.3 is 9.84 Å². The van der Waals surface area contributed by atoms with Crippen LogP contribution >= 0.6 is 0 Å². The van der Waals surface area contributed by atoms with Crippen molar-refractivity contribution in [3.8, 4) is 0 Å². The van der Waals surface area contributed by atoms with Crippen molar-refractivity contribution in [2.45, 2.75) is 78.7 Å². The van der Waals surface area contributed by atoms with Crippen LogP contribution in [0.1, 0.15) is 72.6 Å². The molecule has 0 saturated carbocycles. The lowest BCUT2D eigenvalue weighted by atomic mass is 9.88. The highest BCUT2D eigenvalue weighted by Gasteiger charge is 2.26. The summed E-state index contributed by atoms with van der Waals surface area (Å²) in [6, 6.07) is 0. The quantitative estimate of drug-likeness (QED) is 0.563. The lowest BCUT2D eigenvalue weighted by Gasteiger charge is -2.19. The predicted octanol–water partition coefficient (Wildman–Crippen LogP) is 4.25. The van der Waals surface area contributed by atoms with Gasteiger partial charge in [-0.05, 0) is 40.0 Å². The highest BCUT2D eigenvalue weighted by Crippen LogP contribution is 2.22. The zero-order valence-electron chi connectivity index (χ0n) is 12.5. The van der Waals surface area contributed by atoms with Gasteiger partial charge >= 0.3 is 5.97 Å². The topological polar surface area (TPSA) is 46.5 Å². The average molecular weight is 258 g/mol. The lowest BCUT2D eigenvalue weighted by Crippen LogP contribution is -2.24. The minimum Gasteiger partial charge on any atom is -0.481 e. The van der Waals surface area contributed by atoms with Gasteiger partial charge in [0.2, 0.25) is 0 Å². The second-order valence-electron chi connectivity index (χ2n) is 5.82. The number of hydrogen-bond donors (Lipinski definition) is 1. The molecular weight excluding hydrogens is 228 g/mol. The van der Waals surface area contributed by atoms with E-state index in [4.69, 9.17) is 9.84 Å². The maximum absolute atomic E-state index is 10.9. The van der Waals surface area contributed by atoms with Crippen molar-refractivity contribution in [1.29, 1.82) is 0 Å². The fourth-order valence-corrected chi connectivity index (χ4v) is 1.85. The van der Waals surface area contributed by atoms with E-state index in [0.29, 0.717) is 19.1 Å². The summed E-state index contributed by atoms with van der Waals surface area (Å²) in [4.78, 5) is 10.9. The first kappa shape index (κ1) is 17.4. The lowest BCUT2D eigenvalue weighted by molar-refractivity contribution is -0.147. The fourth-order valence-electron chi connectivity index (χ4n) is 1.85. The average Bonchev–Trinajstić information content (AvgIpc) is 2.30. The van der Waals surface area contributed by atoms with Crippen LogP contribution in [0.2, 0.25) is 0 Å². The molecule has 0 fully saturated rings. The van der Waals surface area contributed by atoms with Crippen molar-refractivity contribution in [1.82, 2.24) is 0 Å². The first-order valence-electron chi connectivity index (χ1n) is 7.25. The number of aliphatic carboxylic acids is 1. The Hall–Kier alpha value is -0.570. The molecule has 0 spiro atoms. The smallest absolute Gasteiger partial charge is 0.309 e. The maximum Gasteiger partial charge on any atom is 0.309 e. The molecule has 18 heavy (non-hydrogen) atoms. The van der Waals surface area contributed by atoms with Crippen LogP contribution in [0.5, 0.6) is 0 Å². The summed E-state index contributed by atoms with van der Waals surface area (Å²) in [5.74, 6) is -0.727. The van der Waals surface area contributed by atoms with E-state index < -0.39 is 11.4 Å². The van der Waals surface area contributed by atoms with Crippen LogP contribution in [0.3, 0.4) is 0 Å². The van der Waals surface area contributed by atoms with Crippen LogP contribution < -0.4 is 0 Å². The molecule has 0 bridgehead atoms. The number of carbonyl (C=O) groups is 1. The zero-order valence-corrected chi connectivity index (χ0v) is 12.5. The third-order valence-corrected chi connectivity index (χ3v) is 3.39. The molecule has 0 heterocycles. The molecular formula is C15H30O3. The Balaban J connectivity index is 3.51. The summed E-state index contributed by atoms with van der Waals surface area (Å²) < 4.78 is 5.70. The maximum atomic E-state index is 10.9. The van der Waals surface area contributed by atoms with Crippen molar-refractivity contribution >= 4 is 5.97 Å². The van der Waals surface area contributed by atoms with E-state index in [1.54, 1.807) is 13.8 Å². The Morgan fingerprint density at radius 2 is 1.89 bits per heavy atom. The summed E-state index contributed by atoms with van der Waals surface area (Å²) in [5.41, 5.74) is -0.631. The van der Waals surface area contributed by atoms with Gasteiger partial charge in [0.05, 0.1) is 11.5 Å². The number of rotatable bonds is 11. The van der Waals surface area contributed by atoms with Crippen LogP contribution in [0.4, 0.5) is 0 Å². The van der Waals surface area contributed by atoms with Gasteiger partial charge in [0.1, 0.15) is 0 Å². The van der Waals surface area contributed by atoms with Gasteiger partial charge in [-0.15, -0.1) is 0 Å². The molecule has 3 nitrogen and oxygen atoms in total. The van der Waals surface area contributed by atoms with E-state index in [2.05, 4.69) is 13.8 Å². The van der Waals surface area contributed by atoms with Gasteiger partial charge in [0.25, 0.3) is 0 Å². The van der Waals surface area contributed by atoms with E-state index in [1.807, 2.05) is 0 Å². The van der Waals surface area contributed by atoms with Crippen molar-refractivity contribution in [3.63, 3.8) is 0 Å². The van der Waals surface area contributed by atoms with Crippen molar-refractivity contribution < 1.29 is 14.6 Å². The fraction of sp³-hybridized carbons (Fsp3) is 0.933. The molecule has 0 aliphatic carbocycles. The van der Waals surface area contributed by atoms with Gasteiger partial charge in [-0.25, -0.2) is 0 Å². The minimum absolute atomic E-state index is 0.301. The molecule has 0 radical (unpaired) electrons. The molecule has 0 aliphatic heterocycles. The molecule has 108 valence electrons. The van der Waals surface area contributed by atoms with Crippen LogP contribution in [0, 0.1) is 5.41 Å². The molecule has 3 heteroatoms. The van der Waals surface area contributed by atoms with Gasteiger partial charge in [0.15, 0.2) is 0 Å². The molecule has 0 aromatic heterocycles. The Morgan fingerprint density at radius 3 is 2.44 bits per heavy atom. The second-order valence-corrected chi connectivity index (χ2v) is 5.82. The van der Waals surface area contributed by atoms with Crippen LogP contribution in [0.15, 0.2) is 0 Å². The van der Waals surface area contributed by atoms with Crippen LogP contribution in [-0.4, -0.2) is 23.8 Å². The summed E-state index contributed by atoms with van der Waals surface area (Å²) in [7, 11) is 0. The Morgan fingerprint density at radius 1 is 1.22 bits per heavy atom. The van der Waals surface area contributed by atoms with Gasteiger partial charge in [0, 0.05) is 6.61 Å². The standard InChI is InChI=1S/C15H30O3/c1-5-6-7-8-10-13(2)18-12-9-11-15(3,4)14(16)17/h13H,5-12H2,1-4H3,(H,16,17). The van der Waals surface area contributed by atoms with Gasteiger partial charge in [-0.2, -0.15) is 0 Å². The largest absolute Gasteiger partial charge is 0.481 e. The van der Waals surface area contributed by atoms with Crippen LogP contribution in [-0.2, 0) is 9.53 Å². The van der Waals surface area contributed by atoms with Crippen molar-refractivity contribution in [2.24, 2.45) is 5.41 Å². The normalized spacial score (nSPS) is 13.6. The number of hydrogen-bond acceptors (Lipinski definition) is 2. The first-order valence-corrected chi connectivity index (χ1v) is 7.25. The molecule has 0 aromatic rings. The highest BCUT2D eigenvalue weighted by molar-refractivity contribution is 5.73. The Kier molecular flexibility index (Phi) is 9.08. The monoisotopic (exact) mass is 258 g/mol. The molecule has 0 amide bonds. The predicted molar refractivity (Wildman–Crippen MR) is 74.8 cm³/mol. The minimum atomic E-state index is -0.727. The first-order chi connectivity index (χ1) is 8.40. The van der Waals surface area contributed by atoms with E-state index >= 15 is 0 Å². The van der Waals surface area contributed by atoms with Crippen LogP contribution in [0.25, 0.3) is 0 Å². The Labute approximate surface area is 112 Å². The summed E-state index contributed by atoms with van der Waals surface area (Å²) in [5, 5.41) is 8.98. The zero-order chi connectivity index (χ0) is 14.0. The summed E-state index contributed by atoms with van der Waals surface area (Å²) >= 11 is 0. The number of carboxylic acids is 1. The third-order valence-electron chi connectivity index (χ3n) is 3.39. The molecule has 0 rings (SSSR count). The molecule has 0 aromatic carbocycles. The van der Waals surface area contributed by atoms with E-state index in [0.717, 1.165) is 12.8 Å². The van der Waals surface area contributed by atoms with E-state index in [9.17, 15) is 4.79 Å². The SMILES string of the molecule is CCCCCCC(C)OCCCC(C)(C)C(=O)O. The highest BCUT2D eigenvalue weighted by atomic mass is 16.5. The number of unbranched alkanes of at least 4 members (excludes halogenated alkanes) is 3. The molecule has 0 saturated heterocycles. The Bertz CT molecular complexity index is 224. The van der Waals surface area contributed by atoms with Crippen molar-refractivity contribution in [3.05, 3.63) is 0 Å². The molecule has 1 unspecified atom stereocenters. The third kappa shape index (κ3) is 8.51. The van der Waals surface area contributed by atoms with E-state index in [-0.39, 0.29) is 0 Å². The van der Waals surface area contributed by atoms with Crippen molar-refractivity contribution in [2.75, 3.05) is 6.61 Å². The van der Waals surface area contributed by atoms with E-state index in [1.165, 1.54) is 25.7 Å².